The van der Waals surface area contributed by atoms with Gasteiger partial charge in [-0.05, 0) is 56.0 Å². The van der Waals surface area contributed by atoms with E-state index in [2.05, 4.69) is 20.3 Å². The van der Waals surface area contributed by atoms with E-state index in [0.717, 1.165) is 30.6 Å². The van der Waals surface area contributed by atoms with Crippen molar-refractivity contribution < 1.29 is 14.3 Å². The summed E-state index contributed by atoms with van der Waals surface area (Å²) < 4.78 is 5.23. The molecule has 0 saturated carbocycles. The smallest absolute Gasteiger partial charge is 0.273 e. The van der Waals surface area contributed by atoms with Gasteiger partial charge in [-0.1, -0.05) is 18.2 Å². The minimum atomic E-state index is -0.244. The average molecular weight is 446 g/mol. The molecular weight excluding hydrogens is 418 g/mol. The van der Waals surface area contributed by atoms with Gasteiger partial charge in [-0.15, -0.1) is 0 Å². The van der Waals surface area contributed by atoms with Crippen molar-refractivity contribution in [1.82, 2.24) is 25.2 Å². The highest BCUT2D eigenvalue weighted by Crippen LogP contribution is 2.30. The topological polar surface area (TPSA) is 97.3 Å². The summed E-state index contributed by atoms with van der Waals surface area (Å²) in [6.07, 6.45) is 5.86. The molecule has 1 aromatic carbocycles. The Labute approximate surface area is 193 Å². The molecule has 3 heterocycles. The van der Waals surface area contributed by atoms with Gasteiger partial charge in [0, 0.05) is 25.5 Å². The highest BCUT2D eigenvalue weighted by atomic mass is 16.5. The first-order valence-corrected chi connectivity index (χ1v) is 11.0. The van der Waals surface area contributed by atoms with Crippen molar-refractivity contribution in [2.75, 3.05) is 13.7 Å². The minimum Gasteiger partial charge on any atom is -0.497 e. The van der Waals surface area contributed by atoms with Crippen molar-refractivity contribution in [2.24, 2.45) is 0 Å². The van der Waals surface area contributed by atoms with Gasteiger partial charge in [0.05, 0.1) is 24.4 Å². The molecule has 2 aromatic heterocycles. The number of rotatable bonds is 6. The van der Waals surface area contributed by atoms with E-state index in [0.29, 0.717) is 35.9 Å². The number of piperidine rings is 1. The number of carbonyl (C=O) groups is 2. The van der Waals surface area contributed by atoms with E-state index in [1.54, 1.807) is 49.5 Å². The first-order valence-electron chi connectivity index (χ1n) is 11.0. The Morgan fingerprint density at radius 2 is 2.03 bits per heavy atom. The predicted octanol–water partition coefficient (Wildman–Crippen LogP) is 3.49. The number of nitrogens with one attached hydrogen (secondary N) is 1. The largest absolute Gasteiger partial charge is 0.497 e. The summed E-state index contributed by atoms with van der Waals surface area (Å²) in [5, 5.41) is 2.91. The highest BCUT2D eigenvalue weighted by Gasteiger charge is 2.31. The van der Waals surface area contributed by atoms with Gasteiger partial charge < -0.3 is 15.0 Å². The third-order valence-electron chi connectivity index (χ3n) is 5.78. The Morgan fingerprint density at radius 3 is 2.79 bits per heavy atom. The number of aromatic nitrogens is 3. The lowest BCUT2D eigenvalue weighted by molar-refractivity contribution is 0.0593. The molecule has 8 nitrogen and oxygen atoms in total. The second-order valence-electron chi connectivity index (χ2n) is 7.99. The number of amides is 2. The number of likely N-dealkylation sites (tertiary alicyclic amines) is 1. The Hall–Kier alpha value is -3.81. The zero-order chi connectivity index (χ0) is 23.2. The predicted molar refractivity (Wildman–Crippen MR) is 123 cm³/mol. The molecule has 1 atom stereocenters. The van der Waals surface area contributed by atoms with Gasteiger partial charge >= 0.3 is 0 Å². The third-order valence-corrected chi connectivity index (χ3v) is 5.78. The van der Waals surface area contributed by atoms with Crippen LogP contribution in [0.5, 0.6) is 5.75 Å². The molecule has 1 fully saturated rings. The van der Waals surface area contributed by atoms with Gasteiger partial charge in [0.1, 0.15) is 11.4 Å². The van der Waals surface area contributed by atoms with Crippen LogP contribution in [0.1, 0.15) is 63.2 Å². The van der Waals surface area contributed by atoms with Gasteiger partial charge in [-0.25, -0.2) is 9.97 Å². The molecule has 3 aromatic rings. The van der Waals surface area contributed by atoms with Crippen LogP contribution in [0, 0.1) is 6.92 Å². The molecule has 0 radical (unpaired) electrons. The molecule has 8 heteroatoms. The lowest BCUT2D eigenvalue weighted by atomic mass is 10.0. The van der Waals surface area contributed by atoms with Crippen LogP contribution in [0.25, 0.3) is 0 Å². The maximum Gasteiger partial charge on any atom is 0.273 e. The average Bonchev–Trinajstić information content (AvgIpc) is 2.87. The van der Waals surface area contributed by atoms with Crippen molar-refractivity contribution in [3.63, 3.8) is 0 Å². The van der Waals surface area contributed by atoms with Gasteiger partial charge in [-0.3, -0.25) is 14.6 Å². The van der Waals surface area contributed by atoms with E-state index in [4.69, 9.17) is 4.74 Å². The fourth-order valence-electron chi connectivity index (χ4n) is 4.01. The summed E-state index contributed by atoms with van der Waals surface area (Å²) in [6.45, 7) is 2.79. The molecule has 0 bridgehead atoms. The Balaban J connectivity index is 1.48. The molecule has 1 aliphatic rings. The molecule has 1 aliphatic heterocycles. The first-order chi connectivity index (χ1) is 16.1. The zero-order valence-corrected chi connectivity index (χ0v) is 18.8. The molecule has 0 aliphatic carbocycles. The van der Waals surface area contributed by atoms with Crippen LogP contribution in [-0.4, -0.2) is 45.3 Å². The van der Waals surface area contributed by atoms with Crippen molar-refractivity contribution in [3.8, 4) is 5.75 Å². The molecule has 0 spiro atoms. The van der Waals surface area contributed by atoms with E-state index in [-0.39, 0.29) is 17.9 Å². The zero-order valence-electron chi connectivity index (χ0n) is 18.8. The van der Waals surface area contributed by atoms with E-state index in [1.807, 2.05) is 24.3 Å². The molecule has 1 saturated heterocycles. The van der Waals surface area contributed by atoms with Crippen LogP contribution >= 0.6 is 0 Å². The third kappa shape index (κ3) is 5.16. The summed E-state index contributed by atoms with van der Waals surface area (Å²) >= 11 is 0. The number of benzene rings is 1. The number of nitrogens with zero attached hydrogens (tertiary/aromatic N) is 4. The van der Waals surface area contributed by atoms with E-state index in [1.165, 1.54) is 0 Å². The summed E-state index contributed by atoms with van der Waals surface area (Å²) in [5.41, 5.74) is 2.34. The molecule has 170 valence electrons. The summed E-state index contributed by atoms with van der Waals surface area (Å²) in [4.78, 5) is 40.9. The van der Waals surface area contributed by atoms with E-state index < -0.39 is 0 Å². The lowest BCUT2D eigenvalue weighted by Crippen LogP contribution is -2.39. The fourth-order valence-corrected chi connectivity index (χ4v) is 4.01. The fraction of sp³-hybridized carbons (Fsp3) is 0.320. The van der Waals surface area contributed by atoms with Crippen LogP contribution in [0.2, 0.25) is 0 Å². The van der Waals surface area contributed by atoms with Crippen LogP contribution in [-0.2, 0) is 6.54 Å². The van der Waals surface area contributed by atoms with Crippen molar-refractivity contribution in [3.05, 3.63) is 83.2 Å². The number of methoxy groups -OCH3 is 1. The molecule has 2 amide bonds. The maximum atomic E-state index is 13.0. The van der Waals surface area contributed by atoms with Crippen molar-refractivity contribution in [1.29, 1.82) is 0 Å². The second-order valence-corrected chi connectivity index (χ2v) is 7.99. The van der Waals surface area contributed by atoms with Crippen molar-refractivity contribution in [2.45, 2.75) is 38.8 Å². The van der Waals surface area contributed by atoms with Gasteiger partial charge in [0.15, 0.2) is 5.82 Å². The quantitative estimate of drug-likeness (QED) is 0.624. The minimum absolute atomic E-state index is 0.123. The molecular formula is C25H27N5O3. The summed E-state index contributed by atoms with van der Waals surface area (Å²) in [5.74, 6) is 0.928. The van der Waals surface area contributed by atoms with Gasteiger partial charge in [-0.2, -0.15) is 0 Å². The number of hydrogen-bond acceptors (Lipinski definition) is 6. The SMILES string of the molecule is COc1cccc(CNC(=O)c2cnc([C@H]3CCCCN3C(=O)c3ccccn3)nc2C)c1. The Bertz CT molecular complexity index is 1140. The summed E-state index contributed by atoms with van der Waals surface area (Å²) in [7, 11) is 1.61. The number of aryl methyl sites for hydroxylation is 1. The lowest BCUT2D eigenvalue weighted by Gasteiger charge is -2.34. The molecule has 33 heavy (non-hydrogen) atoms. The van der Waals surface area contributed by atoms with Crippen LogP contribution in [0.4, 0.5) is 0 Å². The molecule has 0 unspecified atom stereocenters. The van der Waals surface area contributed by atoms with Crippen LogP contribution in [0.3, 0.4) is 0 Å². The normalized spacial score (nSPS) is 15.7. The Kier molecular flexibility index (Phi) is 6.92. The number of hydrogen-bond donors (Lipinski definition) is 1. The van der Waals surface area contributed by atoms with Crippen LogP contribution < -0.4 is 10.1 Å². The number of carbonyl (C=O) groups excluding carboxylic acids is 2. The van der Waals surface area contributed by atoms with Crippen LogP contribution in [0.15, 0.2) is 54.9 Å². The van der Waals surface area contributed by atoms with Gasteiger partial charge in [0.2, 0.25) is 0 Å². The maximum absolute atomic E-state index is 13.0. The monoisotopic (exact) mass is 445 g/mol. The van der Waals surface area contributed by atoms with Gasteiger partial charge in [0.25, 0.3) is 11.8 Å². The number of ether oxygens (including phenoxy) is 1. The molecule has 4 rings (SSSR count). The molecule has 1 N–H and O–H groups in total. The van der Waals surface area contributed by atoms with E-state index >= 15 is 0 Å². The van der Waals surface area contributed by atoms with E-state index in [9.17, 15) is 9.59 Å². The second kappa shape index (κ2) is 10.2. The first kappa shape index (κ1) is 22.4. The highest BCUT2D eigenvalue weighted by molar-refractivity contribution is 5.95. The Morgan fingerprint density at radius 1 is 1.15 bits per heavy atom. The van der Waals surface area contributed by atoms with Crippen molar-refractivity contribution >= 4 is 11.8 Å². The standard InChI is InChI=1S/C25H27N5O3/c1-17-20(24(31)28-15-18-8-7-9-19(14-18)33-2)16-27-23(29-17)22-11-4-6-13-30(22)25(32)21-10-3-5-12-26-21/h3,5,7-10,12,14,16,22H,4,6,11,13,15H2,1-2H3,(H,28,31)/t22-/m1/s1. The summed E-state index contributed by atoms with van der Waals surface area (Å²) in [6, 6.07) is 12.6. The number of pyridine rings is 1.